The number of hydrogen-bond donors (Lipinski definition) is 1. The molecular formula is C29H21N5OS. The van der Waals surface area contributed by atoms with Crippen LogP contribution in [0.5, 0.6) is 0 Å². The number of carbonyl (C=O) groups is 1. The van der Waals surface area contributed by atoms with Gasteiger partial charge in [0.25, 0.3) is 0 Å². The average Bonchev–Trinajstić information content (AvgIpc) is 3.57. The number of Topliss-reactive ketones (excluding diaryl/α,β-unsaturated/α-hetero) is 1. The molecule has 0 aliphatic carbocycles. The highest BCUT2D eigenvalue weighted by Gasteiger charge is 2.29. The molecular weight excluding hydrogens is 466 g/mol. The molecule has 0 bridgehead atoms. The highest BCUT2D eigenvalue weighted by Crippen LogP contribution is 2.40. The molecule has 0 radical (unpaired) electrons. The van der Waals surface area contributed by atoms with Gasteiger partial charge in [0, 0.05) is 46.3 Å². The van der Waals surface area contributed by atoms with Gasteiger partial charge in [0.15, 0.2) is 16.8 Å². The first-order chi connectivity index (χ1) is 17.8. The van der Waals surface area contributed by atoms with Gasteiger partial charge in [-0.2, -0.15) is 0 Å². The van der Waals surface area contributed by atoms with E-state index in [-0.39, 0.29) is 5.78 Å². The van der Waals surface area contributed by atoms with Crippen LogP contribution in [-0.4, -0.2) is 30.5 Å². The Morgan fingerprint density at radius 2 is 1.50 bits per heavy atom. The molecule has 3 aromatic heterocycles. The van der Waals surface area contributed by atoms with E-state index in [1.807, 2.05) is 102 Å². The fraction of sp³-hybridized carbons (Fsp3) is 0.0345. The number of para-hydroxylation sites is 2. The largest absolute Gasteiger partial charge is 0.360 e. The number of ketones is 1. The Kier molecular flexibility index (Phi) is 5.89. The van der Waals surface area contributed by atoms with Gasteiger partial charge in [0.2, 0.25) is 0 Å². The summed E-state index contributed by atoms with van der Waals surface area (Å²) >= 11 is 1.40. The Bertz CT molecular complexity index is 1630. The molecule has 3 heterocycles. The summed E-state index contributed by atoms with van der Waals surface area (Å²) in [5.74, 6) is 0.703. The monoisotopic (exact) mass is 487 g/mol. The van der Waals surface area contributed by atoms with Crippen LogP contribution in [0.25, 0.3) is 28.0 Å². The molecule has 7 heteroatoms. The topological polar surface area (TPSA) is 76.5 Å². The quantitative estimate of drug-likeness (QED) is 0.205. The number of pyridine rings is 1. The van der Waals surface area contributed by atoms with E-state index in [2.05, 4.69) is 20.2 Å². The van der Waals surface area contributed by atoms with Crippen LogP contribution < -0.4 is 0 Å². The number of H-pyrrole nitrogens is 1. The lowest BCUT2D eigenvalue weighted by molar-refractivity contribution is 0.0991. The van der Waals surface area contributed by atoms with Crippen LogP contribution in [0.15, 0.2) is 121 Å². The van der Waals surface area contributed by atoms with E-state index in [4.69, 9.17) is 0 Å². The summed E-state index contributed by atoms with van der Waals surface area (Å²) in [4.78, 5) is 21.4. The number of aromatic nitrogens is 5. The molecule has 6 aromatic rings. The van der Waals surface area contributed by atoms with Gasteiger partial charge in [0.05, 0.1) is 0 Å². The Morgan fingerprint density at radius 1 is 0.806 bits per heavy atom. The second kappa shape index (κ2) is 9.64. The van der Waals surface area contributed by atoms with Crippen LogP contribution >= 0.6 is 11.8 Å². The van der Waals surface area contributed by atoms with Crippen molar-refractivity contribution in [2.75, 3.05) is 0 Å². The van der Waals surface area contributed by atoms with Crippen LogP contribution in [0.3, 0.4) is 0 Å². The number of thioether (sulfide) groups is 1. The van der Waals surface area contributed by atoms with Gasteiger partial charge in [-0.3, -0.25) is 14.3 Å². The van der Waals surface area contributed by atoms with Crippen molar-refractivity contribution in [2.24, 2.45) is 0 Å². The molecule has 6 nitrogen and oxygen atoms in total. The molecule has 174 valence electrons. The molecule has 1 atom stereocenters. The first-order valence-electron chi connectivity index (χ1n) is 11.5. The first kappa shape index (κ1) is 22.0. The first-order valence-corrected chi connectivity index (χ1v) is 12.4. The van der Waals surface area contributed by atoms with E-state index in [1.165, 1.54) is 11.8 Å². The van der Waals surface area contributed by atoms with Crippen LogP contribution in [0.2, 0.25) is 0 Å². The van der Waals surface area contributed by atoms with E-state index in [0.29, 0.717) is 16.5 Å². The molecule has 36 heavy (non-hydrogen) atoms. The Balaban J connectivity index is 1.48. The second-order valence-corrected chi connectivity index (χ2v) is 9.31. The Labute approximate surface area is 212 Å². The lowest BCUT2D eigenvalue weighted by Crippen LogP contribution is -2.11. The molecule has 0 amide bonds. The third kappa shape index (κ3) is 4.10. The summed E-state index contributed by atoms with van der Waals surface area (Å²) in [6.07, 6.45) is 5.27. The van der Waals surface area contributed by atoms with Crippen molar-refractivity contribution < 1.29 is 4.79 Å². The zero-order chi connectivity index (χ0) is 24.3. The molecule has 0 aliphatic heterocycles. The summed E-state index contributed by atoms with van der Waals surface area (Å²) in [6, 6.07) is 31.4. The minimum Gasteiger partial charge on any atom is -0.360 e. The predicted molar refractivity (Wildman–Crippen MR) is 142 cm³/mol. The fourth-order valence-electron chi connectivity index (χ4n) is 4.27. The maximum absolute atomic E-state index is 14.0. The summed E-state index contributed by atoms with van der Waals surface area (Å²) in [7, 11) is 0. The number of nitrogens with zero attached hydrogens (tertiary/aromatic N) is 4. The molecule has 3 aromatic carbocycles. The van der Waals surface area contributed by atoms with Crippen molar-refractivity contribution in [3.63, 3.8) is 0 Å². The fourth-order valence-corrected chi connectivity index (χ4v) is 5.39. The van der Waals surface area contributed by atoms with Gasteiger partial charge >= 0.3 is 0 Å². The highest BCUT2D eigenvalue weighted by atomic mass is 32.2. The third-order valence-corrected chi connectivity index (χ3v) is 7.20. The van der Waals surface area contributed by atoms with Gasteiger partial charge < -0.3 is 4.98 Å². The smallest absolute Gasteiger partial charge is 0.197 e. The molecule has 0 spiro atoms. The van der Waals surface area contributed by atoms with Crippen molar-refractivity contribution in [3.8, 4) is 17.1 Å². The number of rotatable bonds is 7. The van der Waals surface area contributed by atoms with Gasteiger partial charge in [-0.05, 0) is 35.9 Å². The number of nitrogens with one attached hydrogen (secondary N) is 1. The highest BCUT2D eigenvalue weighted by molar-refractivity contribution is 8.00. The van der Waals surface area contributed by atoms with Crippen molar-refractivity contribution in [3.05, 3.63) is 127 Å². The zero-order valence-corrected chi connectivity index (χ0v) is 20.0. The van der Waals surface area contributed by atoms with Crippen LogP contribution in [-0.2, 0) is 0 Å². The third-order valence-electron chi connectivity index (χ3n) is 6.00. The molecule has 0 fully saturated rings. The summed E-state index contributed by atoms with van der Waals surface area (Å²) in [5.41, 5.74) is 4.32. The summed E-state index contributed by atoms with van der Waals surface area (Å²) in [6.45, 7) is 0. The van der Waals surface area contributed by atoms with E-state index in [9.17, 15) is 4.79 Å². The Hall–Kier alpha value is -4.49. The standard InChI is InChI=1S/C29H21N5OS/c35-26(24-19-31-25-14-8-7-13-23(24)25)27(20-9-3-1-4-10-20)36-29-33-32-28(21-15-17-30-18-16-21)34(29)22-11-5-2-6-12-22/h1-19,27,31H/t27-/m1/s1. The van der Waals surface area contributed by atoms with Crippen molar-refractivity contribution in [2.45, 2.75) is 10.4 Å². The van der Waals surface area contributed by atoms with E-state index in [0.717, 1.165) is 27.7 Å². The minimum atomic E-state index is -0.512. The van der Waals surface area contributed by atoms with Gasteiger partial charge in [-0.1, -0.05) is 78.5 Å². The molecule has 0 unspecified atom stereocenters. The maximum atomic E-state index is 14.0. The van der Waals surface area contributed by atoms with Crippen LogP contribution in [0, 0.1) is 0 Å². The number of carbonyl (C=O) groups excluding carboxylic acids is 1. The van der Waals surface area contributed by atoms with E-state index in [1.54, 1.807) is 18.6 Å². The van der Waals surface area contributed by atoms with Crippen LogP contribution in [0.1, 0.15) is 21.2 Å². The number of benzene rings is 3. The van der Waals surface area contributed by atoms with Crippen LogP contribution in [0.4, 0.5) is 0 Å². The van der Waals surface area contributed by atoms with Crippen molar-refractivity contribution in [1.82, 2.24) is 24.7 Å². The number of fused-ring (bicyclic) bond motifs is 1. The van der Waals surface area contributed by atoms with Gasteiger partial charge in [-0.15, -0.1) is 10.2 Å². The molecule has 6 rings (SSSR count). The number of aromatic amines is 1. The average molecular weight is 488 g/mol. The second-order valence-electron chi connectivity index (χ2n) is 8.23. The maximum Gasteiger partial charge on any atom is 0.197 e. The van der Waals surface area contributed by atoms with E-state index >= 15 is 0 Å². The van der Waals surface area contributed by atoms with Crippen molar-refractivity contribution in [1.29, 1.82) is 0 Å². The molecule has 0 saturated heterocycles. The normalized spacial score (nSPS) is 12.0. The van der Waals surface area contributed by atoms with Gasteiger partial charge in [-0.25, -0.2) is 0 Å². The van der Waals surface area contributed by atoms with Gasteiger partial charge in [0.1, 0.15) is 5.25 Å². The molecule has 1 N–H and O–H groups in total. The molecule has 0 aliphatic rings. The lowest BCUT2D eigenvalue weighted by atomic mass is 10.0. The summed E-state index contributed by atoms with van der Waals surface area (Å²) in [5, 5.41) is 10.1. The number of hydrogen-bond acceptors (Lipinski definition) is 5. The Morgan fingerprint density at radius 3 is 2.28 bits per heavy atom. The van der Waals surface area contributed by atoms with Crippen molar-refractivity contribution >= 4 is 28.4 Å². The zero-order valence-electron chi connectivity index (χ0n) is 19.2. The molecule has 0 saturated carbocycles. The SMILES string of the molecule is O=C(c1c[nH]c2ccccc12)[C@H](Sc1nnc(-c2ccncc2)n1-c1ccccc1)c1ccccc1. The predicted octanol–water partition coefficient (Wildman–Crippen LogP) is 6.53. The van der Waals surface area contributed by atoms with E-state index < -0.39 is 5.25 Å². The minimum absolute atomic E-state index is 0.0109. The summed E-state index contributed by atoms with van der Waals surface area (Å²) < 4.78 is 2.00. The lowest BCUT2D eigenvalue weighted by Gasteiger charge is -2.17.